The SMILES string of the molecule is O=C1CC(Nc2nc(NC3CC3)c3c(-c4ccncc4)c[nH]c3n2)c2ccccc2N1. The van der Waals surface area contributed by atoms with E-state index in [1.807, 2.05) is 42.6 Å². The summed E-state index contributed by atoms with van der Waals surface area (Å²) < 4.78 is 0. The molecule has 31 heavy (non-hydrogen) atoms. The lowest BCUT2D eigenvalue weighted by molar-refractivity contribution is -0.116. The molecular formula is C23H21N7O. The molecule has 6 rings (SSSR count). The molecule has 1 aromatic carbocycles. The van der Waals surface area contributed by atoms with Gasteiger partial charge in [0.15, 0.2) is 0 Å². The van der Waals surface area contributed by atoms with Crippen molar-refractivity contribution in [3.8, 4) is 11.1 Å². The van der Waals surface area contributed by atoms with Crippen molar-refractivity contribution in [2.24, 2.45) is 0 Å². The van der Waals surface area contributed by atoms with Crippen LogP contribution in [0.3, 0.4) is 0 Å². The number of fused-ring (bicyclic) bond motifs is 2. The Bertz CT molecular complexity index is 1280. The Kier molecular flexibility index (Phi) is 4.09. The van der Waals surface area contributed by atoms with Gasteiger partial charge in [-0.25, -0.2) is 0 Å². The molecule has 1 aliphatic carbocycles. The molecule has 4 aromatic rings. The van der Waals surface area contributed by atoms with Gasteiger partial charge in [-0.2, -0.15) is 9.97 Å². The van der Waals surface area contributed by atoms with E-state index in [-0.39, 0.29) is 11.9 Å². The largest absolute Gasteiger partial charge is 0.367 e. The van der Waals surface area contributed by atoms with Gasteiger partial charge in [0.1, 0.15) is 11.5 Å². The molecule has 3 aromatic heterocycles. The first-order valence-electron chi connectivity index (χ1n) is 10.5. The lowest BCUT2D eigenvalue weighted by Crippen LogP contribution is -2.27. The second kappa shape index (κ2) is 7.09. The van der Waals surface area contributed by atoms with E-state index in [9.17, 15) is 4.79 Å². The Morgan fingerprint density at radius 3 is 2.68 bits per heavy atom. The zero-order valence-corrected chi connectivity index (χ0v) is 16.7. The third-order valence-electron chi connectivity index (χ3n) is 5.74. The second-order valence-corrected chi connectivity index (χ2v) is 8.01. The van der Waals surface area contributed by atoms with Crippen LogP contribution in [0.5, 0.6) is 0 Å². The molecule has 1 saturated carbocycles. The normalized spacial score (nSPS) is 17.8. The van der Waals surface area contributed by atoms with Crippen LogP contribution in [0.25, 0.3) is 22.2 Å². The highest BCUT2D eigenvalue weighted by Gasteiger charge is 2.27. The first kappa shape index (κ1) is 17.9. The number of anilines is 3. The van der Waals surface area contributed by atoms with E-state index in [1.165, 1.54) is 0 Å². The van der Waals surface area contributed by atoms with Crippen LogP contribution in [0, 0.1) is 0 Å². The number of benzene rings is 1. The summed E-state index contributed by atoms with van der Waals surface area (Å²) in [6, 6.07) is 12.0. The maximum atomic E-state index is 12.2. The van der Waals surface area contributed by atoms with Gasteiger partial charge < -0.3 is 20.9 Å². The van der Waals surface area contributed by atoms with Crippen molar-refractivity contribution in [1.29, 1.82) is 0 Å². The van der Waals surface area contributed by atoms with Crippen LogP contribution >= 0.6 is 0 Å². The first-order chi connectivity index (χ1) is 15.2. The second-order valence-electron chi connectivity index (χ2n) is 8.01. The molecule has 4 N–H and O–H groups in total. The Balaban J connectivity index is 1.42. The van der Waals surface area contributed by atoms with E-state index in [0.29, 0.717) is 18.4 Å². The summed E-state index contributed by atoms with van der Waals surface area (Å²) in [4.78, 5) is 29.2. The minimum atomic E-state index is -0.189. The smallest absolute Gasteiger partial charge is 0.227 e. The maximum Gasteiger partial charge on any atom is 0.227 e. The number of pyridine rings is 1. The monoisotopic (exact) mass is 411 g/mol. The standard InChI is InChI=1S/C23H21N7O/c31-19-11-18(15-3-1-2-4-17(15)27-19)28-23-29-21-20(22(30-23)26-14-5-6-14)16(12-25-21)13-7-9-24-10-8-13/h1-4,7-10,12,14,18H,5-6,11H2,(H,27,31)(H3,25,26,28,29,30). The predicted molar refractivity (Wildman–Crippen MR) is 120 cm³/mol. The summed E-state index contributed by atoms with van der Waals surface area (Å²) in [5.74, 6) is 1.28. The average Bonchev–Trinajstić information content (AvgIpc) is 3.49. The molecule has 8 heteroatoms. The number of carbonyl (C=O) groups is 1. The minimum absolute atomic E-state index is 0.0200. The van der Waals surface area contributed by atoms with Crippen LogP contribution in [-0.2, 0) is 4.79 Å². The third kappa shape index (κ3) is 3.35. The number of hydrogen-bond acceptors (Lipinski definition) is 6. The molecule has 154 valence electrons. The number of nitrogens with zero attached hydrogens (tertiary/aromatic N) is 3. The zero-order chi connectivity index (χ0) is 20.8. The van der Waals surface area contributed by atoms with Crippen molar-refractivity contribution in [3.05, 3.63) is 60.6 Å². The highest BCUT2D eigenvalue weighted by Crippen LogP contribution is 2.37. The summed E-state index contributed by atoms with van der Waals surface area (Å²) >= 11 is 0. The fraction of sp³-hybridized carbons (Fsp3) is 0.217. The molecule has 1 aliphatic heterocycles. The number of aromatic nitrogens is 4. The molecule has 0 spiro atoms. The third-order valence-corrected chi connectivity index (χ3v) is 5.74. The molecular weight excluding hydrogens is 390 g/mol. The minimum Gasteiger partial charge on any atom is -0.367 e. The number of aromatic amines is 1. The van der Waals surface area contributed by atoms with Crippen molar-refractivity contribution in [3.63, 3.8) is 0 Å². The molecule has 2 aliphatic rings. The maximum absolute atomic E-state index is 12.2. The van der Waals surface area contributed by atoms with E-state index in [1.54, 1.807) is 12.4 Å². The van der Waals surface area contributed by atoms with Gasteiger partial charge in [-0.05, 0) is 42.2 Å². The first-order valence-corrected chi connectivity index (χ1v) is 10.5. The van der Waals surface area contributed by atoms with Gasteiger partial charge >= 0.3 is 0 Å². The van der Waals surface area contributed by atoms with Crippen LogP contribution in [-0.4, -0.2) is 31.9 Å². The van der Waals surface area contributed by atoms with E-state index < -0.39 is 0 Å². The Labute approximate surface area is 178 Å². The van der Waals surface area contributed by atoms with Crippen LogP contribution in [0.4, 0.5) is 17.5 Å². The Morgan fingerprint density at radius 2 is 1.84 bits per heavy atom. The molecule has 1 amide bonds. The summed E-state index contributed by atoms with van der Waals surface area (Å²) in [6.45, 7) is 0. The van der Waals surface area contributed by atoms with E-state index in [0.717, 1.165) is 52.1 Å². The van der Waals surface area contributed by atoms with Gasteiger partial charge in [0.25, 0.3) is 0 Å². The van der Waals surface area contributed by atoms with Gasteiger partial charge in [0.2, 0.25) is 11.9 Å². The van der Waals surface area contributed by atoms with Gasteiger partial charge in [0.05, 0.1) is 17.8 Å². The zero-order valence-electron chi connectivity index (χ0n) is 16.7. The van der Waals surface area contributed by atoms with E-state index >= 15 is 0 Å². The van der Waals surface area contributed by atoms with Gasteiger partial charge in [-0.3, -0.25) is 9.78 Å². The molecule has 4 heterocycles. The van der Waals surface area contributed by atoms with Gasteiger partial charge in [-0.15, -0.1) is 0 Å². The lowest BCUT2D eigenvalue weighted by atomic mass is 9.97. The quantitative estimate of drug-likeness (QED) is 0.394. The molecule has 1 unspecified atom stereocenters. The van der Waals surface area contributed by atoms with Crippen molar-refractivity contribution >= 4 is 34.4 Å². The number of carbonyl (C=O) groups excluding carboxylic acids is 1. The van der Waals surface area contributed by atoms with Gasteiger partial charge in [0, 0.05) is 35.9 Å². The predicted octanol–water partition coefficient (Wildman–Crippen LogP) is 4.09. The topological polar surface area (TPSA) is 108 Å². The molecule has 1 fully saturated rings. The number of nitrogens with one attached hydrogen (secondary N) is 4. The molecule has 1 atom stereocenters. The van der Waals surface area contributed by atoms with Crippen molar-refractivity contribution < 1.29 is 4.79 Å². The lowest BCUT2D eigenvalue weighted by Gasteiger charge is -2.26. The molecule has 0 radical (unpaired) electrons. The van der Waals surface area contributed by atoms with E-state index in [2.05, 4.69) is 25.9 Å². The Hall–Kier alpha value is -3.94. The number of hydrogen-bond donors (Lipinski definition) is 4. The summed E-state index contributed by atoms with van der Waals surface area (Å²) in [6.07, 6.45) is 8.13. The van der Waals surface area contributed by atoms with Crippen LogP contribution in [0.15, 0.2) is 55.0 Å². The summed E-state index contributed by atoms with van der Waals surface area (Å²) in [7, 11) is 0. The number of amides is 1. The highest BCUT2D eigenvalue weighted by molar-refractivity contribution is 6.01. The number of rotatable bonds is 5. The average molecular weight is 411 g/mol. The van der Waals surface area contributed by atoms with E-state index in [4.69, 9.17) is 9.97 Å². The van der Waals surface area contributed by atoms with Gasteiger partial charge in [-0.1, -0.05) is 18.2 Å². The van der Waals surface area contributed by atoms with Crippen LogP contribution in [0.1, 0.15) is 30.9 Å². The van der Waals surface area contributed by atoms with Crippen LogP contribution < -0.4 is 16.0 Å². The molecule has 0 saturated heterocycles. The van der Waals surface area contributed by atoms with Crippen molar-refractivity contribution in [2.75, 3.05) is 16.0 Å². The van der Waals surface area contributed by atoms with Crippen molar-refractivity contribution in [1.82, 2.24) is 19.9 Å². The number of para-hydroxylation sites is 1. The summed E-state index contributed by atoms with van der Waals surface area (Å²) in [5, 5.41) is 10.8. The van der Waals surface area contributed by atoms with Crippen molar-refractivity contribution in [2.45, 2.75) is 31.3 Å². The molecule has 0 bridgehead atoms. The number of H-pyrrole nitrogens is 1. The fourth-order valence-corrected chi connectivity index (χ4v) is 4.08. The fourth-order valence-electron chi connectivity index (χ4n) is 4.08. The Morgan fingerprint density at radius 1 is 1.00 bits per heavy atom. The summed E-state index contributed by atoms with van der Waals surface area (Å²) in [5.41, 5.74) is 4.71. The highest BCUT2D eigenvalue weighted by atomic mass is 16.1. The van der Waals surface area contributed by atoms with Crippen LogP contribution in [0.2, 0.25) is 0 Å². The molecule has 8 nitrogen and oxygen atoms in total.